The van der Waals surface area contributed by atoms with Crippen LogP contribution in [-0.2, 0) is 27.2 Å². The average molecular weight is 407 g/mol. The van der Waals surface area contributed by atoms with Gasteiger partial charge in [0.2, 0.25) is 5.91 Å². The van der Waals surface area contributed by atoms with Crippen LogP contribution in [0.1, 0.15) is 58.0 Å². The molecule has 2 aromatic rings. The van der Waals surface area contributed by atoms with Gasteiger partial charge in [-0.1, -0.05) is 37.6 Å². The summed E-state index contributed by atoms with van der Waals surface area (Å²) < 4.78 is 5.04. The number of nitrogens with zero attached hydrogens (tertiary/aromatic N) is 1. The maximum Gasteiger partial charge on any atom is 0.306 e. The summed E-state index contributed by atoms with van der Waals surface area (Å²) in [6, 6.07) is 12.4. The highest BCUT2D eigenvalue weighted by atomic mass is 16.5. The molecule has 156 valence electrons. The summed E-state index contributed by atoms with van der Waals surface area (Å²) >= 11 is 0. The number of carbonyl (C=O) groups excluding carboxylic acids is 4. The number of amides is 1. The number of hydrogen-bond donors (Lipinski definition) is 0. The van der Waals surface area contributed by atoms with E-state index in [-0.39, 0.29) is 43.3 Å². The quantitative estimate of drug-likeness (QED) is 0.469. The Morgan fingerprint density at radius 3 is 2.37 bits per heavy atom. The largest absolute Gasteiger partial charge is 0.457 e. The standard InChI is InChI=1S/C24H25NO5/c1-3-4-16-5-7-17(8-6-16)21(26)11-12-24(29)30-15-22(27)18-9-10-20-19(13-18)14-23(28)25(20)2/h5-10,13H,3-4,11-12,14-15H2,1-2H3. The zero-order chi connectivity index (χ0) is 21.7. The van der Waals surface area contributed by atoms with Crippen LogP contribution < -0.4 is 4.90 Å². The van der Waals surface area contributed by atoms with Crippen LogP contribution in [-0.4, -0.2) is 37.1 Å². The molecule has 1 amide bonds. The Hall–Kier alpha value is -3.28. The van der Waals surface area contributed by atoms with Crippen LogP contribution in [0.2, 0.25) is 0 Å². The molecule has 30 heavy (non-hydrogen) atoms. The van der Waals surface area contributed by atoms with Crippen molar-refractivity contribution in [3.8, 4) is 0 Å². The van der Waals surface area contributed by atoms with Gasteiger partial charge in [0.05, 0.1) is 12.8 Å². The Labute approximate surface area is 175 Å². The summed E-state index contributed by atoms with van der Waals surface area (Å²) in [6.45, 7) is 1.71. The van der Waals surface area contributed by atoms with E-state index in [9.17, 15) is 19.2 Å². The lowest BCUT2D eigenvalue weighted by Gasteiger charge is -2.10. The highest BCUT2D eigenvalue weighted by Crippen LogP contribution is 2.28. The Morgan fingerprint density at radius 1 is 0.967 bits per heavy atom. The number of anilines is 1. The van der Waals surface area contributed by atoms with Crippen molar-refractivity contribution in [1.82, 2.24) is 0 Å². The van der Waals surface area contributed by atoms with Crippen molar-refractivity contribution in [2.24, 2.45) is 0 Å². The summed E-state index contributed by atoms with van der Waals surface area (Å²) in [5.41, 5.74) is 3.71. The fraction of sp³-hybridized carbons (Fsp3) is 0.333. The average Bonchev–Trinajstić information content (AvgIpc) is 3.04. The third-order valence-electron chi connectivity index (χ3n) is 5.21. The molecule has 0 saturated heterocycles. The lowest BCUT2D eigenvalue weighted by atomic mass is 10.0. The summed E-state index contributed by atoms with van der Waals surface area (Å²) in [5, 5.41) is 0. The van der Waals surface area contributed by atoms with Crippen LogP contribution in [0, 0.1) is 0 Å². The second kappa shape index (κ2) is 9.48. The second-order valence-electron chi connectivity index (χ2n) is 7.43. The maximum atomic E-state index is 12.3. The monoisotopic (exact) mass is 407 g/mol. The third-order valence-corrected chi connectivity index (χ3v) is 5.21. The molecule has 0 bridgehead atoms. The van der Waals surface area contributed by atoms with Gasteiger partial charge in [0.1, 0.15) is 0 Å². The number of benzene rings is 2. The van der Waals surface area contributed by atoms with Crippen LogP contribution in [0.5, 0.6) is 0 Å². The summed E-state index contributed by atoms with van der Waals surface area (Å²) in [7, 11) is 1.69. The van der Waals surface area contributed by atoms with Gasteiger partial charge in [-0.05, 0) is 35.7 Å². The van der Waals surface area contributed by atoms with Gasteiger partial charge < -0.3 is 9.64 Å². The number of fused-ring (bicyclic) bond motifs is 1. The van der Waals surface area contributed by atoms with Gasteiger partial charge in [0.25, 0.3) is 0 Å². The molecule has 1 heterocycles. The van der Waals surface area contributed by atoms with E-state index in [1.807, 2.05) is 12.1 Å². The van der Waals surface area contributed by atoms with Crippen molar-refractivity contribution in [3.05, 3.63) is 64.7 Å². The first kappa shape index (κ1) is 21.4. The van der Waals surface area contributed by atoms with Crippen molar-refractivity contribution < 1.29 is 23.9 Å². The molecular formula is C24H25NO5. The number of hydrogen-bond acceptors (Lipinski definition) is 5. The van der Waals surface area contributed by atoms with Crippen LogP contribution in [0.25, 0.3) is 0 Å². The van der Waals surface area contributed by atoms with Crippen molar-refractivity contribution in [3.63, 3.8) is 0 Å². The van der Waals surface area contributed by atoms with E-state index in [2.05, 4.69) is 6.92 Å². The zero-order valence-corrected chi connectivity index (χ0v) is 17.3. The van der Waals surface area contributed by atoms with Gasteiger partial charge in [-0.15, -0.1) is 0 Å². The number of likely N-dealkylation sites (N-methyl/N-ethyl adjacent to an activating group) is 1. The molecule has 0 aliphatic carbocycles. The Bertz CT molecular complexity index is 978. The van der Waals surface area contributed by atoms with Crippen molar-refractivity contribution >= 4 is 29.1 Å². The van der Waals surface area contributed by atoms with Gasteiger partial charge in [-0.3, -0.25) is 19.2 Å². The Morgan fingerprint density at radius 2 is 1.67 bits per heavy atom. The van der Waals surface area contributed by atoms with Crippen LogP contribution >= 0.6 is 0 Å². The summed E-state index contributed by atoms with van der Waals surface area (Å²) in [4.78, 5) is 49.8. The lowest BCUT2D eigenvalue weighted by Crippen LogP contribution is -2.20. The van der Waals surface area contributed by atoms with Gasteiger partial charge >= 0.3 is 5.97 Å². The molecule has 2 aromatic carbocycles. The van der Waals surface area contributed by atoms with Gasteiger partial charge in [-0.2, -0.15) is 0 Å². The van der Waals surface area contributed by atoms with Crippen LogP contribution in [0.15, 0.2) is 42.5 Å². The highest BCUT2D eigenvalue weighted by molar-refractivity contribution is 6.04. The first-order valence-electron chi connectivity index (χ1n) is 10.1. The van der Waals surface area contributed by atoms with E-state index in [0.717, 1.165) is 24.1 Å². The number of ether oxygens (including phenoxy) is 1. The molecule has 1 aliphatic heterocycles. The zero-order valence-electron chi connectivity index (χ0n) is 17.3. The molecule has 0 aromatic heterocycles. The smallest absolute Gasteiger partial charge is 0.306 e. The molecule has 6 nitrogen and oxygen atoms in total. The summed E-state index contributed by atoms with van der Waals surface area (Å²) in [5.74, 6) is -1.08. The third kappa shape index (κ3) is 5.00. The number of Topliss-reactive ketones (excluding diaryl/α,β-unsaturated/α-hetero) is 2. The number of ketones is 2. The molecule has 0 unspecified atom stereocenters. The maximum absolute atomic E-state index is 12.3. The SMILES string of the molecule is CCCc1ccc(C(=O)CCC(=O)OCC(=O)c2ccc3c(c2)CC(=O)N3C)cc1. The highest BCUT2D eigenvalue weighted by Gasteiger charge is 2.25. The Kier molecular flexibility index (Phi) is 6.77. The second-order valence-corrected chi connectivity index (χ2v) is 7.43. The van der Waals surface area contributed by atoms with E-state index < -0.39 is 5.97 Å². The predicted octanol–water partition coefficient (Wildman–Crippen LogP) is 3.55. The van der Waals surface area contributed by atoms with E-state index in [4.69, 9.17) is 4.74 Å². The van der Waals surface area contributed by atoms with E-state index >= 15 is 0 Å². The minimum atomic E-state index is -0.588. The molecule has 3 rings (SSSR count). The van der Waals surface area contributed by atoms with E-state index in [1.165, 1.54) is 5.56 Å². The van der Waals surface area contributed by atoms with E-state index in [0.29, 0.717) is 11.1 Å². The van der Waals surface area contributed by atoms with Gasteiger partial charge in [0.15, 0.2) is 18.2 Å². The number of esters is 1. The molecular weight excluding hydrogens is 382 g/mol. The van der Waals surface area contributed by atoms with Crippen molar-refractivity contribution in [1.29, 1.82) is 0 Å². The van der Waals surface area contributed by atoms with Crippen molar-refractivity contribution in [2.75, 3.05) is 18.6 Å². The van der Waals surface area contributed by atoms with E-state index in [1.54, 1.807) is 42.3 Å². The first-order chi connectivity index (χ1) is 14.4. The fourth-order valence-corrected chi connectivity index (χ4v) is 3.45. The van der Waals surface area contributed by atoms with Crippen LogP contribution in [0.3, 0.4) is 0 Å². The molecule has 0 saturated carbocycles. The molecule has 0 N–H and O–H groups in total. The molecule has 0 atom stereocenters. The predicted molar refractivity (Wildman–Crippen MR) is 113 cm³/mol. The number of rotatable bonds is 9. The molecule has 6 heteroatoms. The molecule has 0 radical (unpaired) electrons. The van der Waals surface area contributed by atoms with Crippen molar-refractivity contribution in [2.45, 2.75) is 39.0 Å². The fourth-order valence-electron chi connectivity index (χ4n) is 3.45. The van der Waals surface area contributed by atoms with Gasteiger partial charge in [-0.25, -0.2) is 0 Å². The van der Waals surface area contributed by atoms with Gasteiger partial charge in [0, 0.05) is 30.3 Å². The lowest BCUT2D eigenvalue weighted by molar-refractivity contribution is -0.142. The molecule has 0 fully saturated rings. The first-order valence-corrected chi connectivity index (χ1v) is 10.1. The normalized spacial score (nSPS) is 12.6. The number of carbonyl (C=O) groups is 4. The molecule has 1 aliphatic rings. The Balaban J connectivity index is 1.46. The summed E-state index contributed by atoms with van der Waals surface area (Å²) in [6.07, 6.45) is 2.22. The topological polar surface area (TPSA) is 80.8 Å². The minimum Gasteiger partial charge on any atom is -0.457 e. The minimum absolute atomic E-state index is 0.0225. The van der Waals surface area contributed by atoms with Crippen LogP contribution in [0.4, 0.5) is 5.69 Å². The molecule has 0 spiro atoms. The number of aryl methyl sites for hydroxylation is 1.